The number of nitriles is 1. The van der Waals surface area contributed by atoms with Crippen molar-refractivity contribution in [3.05, 3.63) is 89.6 Å². The molecule has 1 aliphatic rings. The highest BCUT2D eigenvalue weighted by molar-refractivity contribution is 5.87. The minimum atomic E-state index is -0.516. The smallest absolute Gasteiger partial charge is 0.410 e. The predicted octanol–water partition coefficient (Wildman–Crippen LogP) is 6.60. The van der Waals surface area contributed by atoms with Crippen LogP contribution in [-0.4, -0.2) is 46.1 Å². The average molecular weight is 537 g/mol. The molecule has 2 heterocycles. The maximum Gasteiger partial charge on any atom is 0.410 e. The summed E-state index contributed by atoms with van der Waals surface area (Å²) in [4.78, 5) is 14.5. The van der Waals surface area contributed by atoms with Gasteiger partial charge in [-0.05, 0) is 74.6 Å². The molecule has 0 unspecified atom stereocenters. The number of rotatable bonds is 6. The van der Waals surface area contributed by atoms with Gasteiger partial charge in [0.05, 0.1) is 36.6 Å². The Morgan fingerprint density at radius 3 is 2.38 bits per heavy atom. The summed E-state index contributed by atoms with van der Waals surface area (Å²) in [6.07, 6.45) is 3.21. The summed E-state index contributed by atoms with van der Waals surface area (Å²) in [5, 5.41) is 14.7. The van der Waals surface area contributed by atoms with Crippen LogP contribution in [0, 0.1) is 11.3 Å². The number of fused-ring (bicyclic) bond motifs is 1. The van der Waals surface area contributed by atoms with Crippen LogP contribution < -0.4 is 0 Å². The Labute approximate surface area is 235 Å². The molecular formula is C33H36N4O3. The molecule has 1 aromatic heterocycles. The summed E-state index contributed by atoms with van der Waals surface area (Å²) in [6, 6.07) is 24.6. The molecule has 1 saturated heterocycles. The number of benzene rings is 3. The van der Waals surface area contributed by atoms with Crippen LogP contribution >= 0.6 is 0 Å². The Morgan fingerprint density at radius 1 is 1.02 bits per heavy atom. The third-order valence-electron chi connectivity index (χ3n) is 7.65. The van der Waals surface area contributed by atoms with Crippen molar-refractivity contribution >= 4 is 17.0 Å². The lowest BCUT2D eigenvalue weighted by molar-refractivity contribution is 0.00342. The van der Waals surface area contributed by atoms with Crippen LogP contribution in [0.1, 0.15) is 50.3 Å². The molecule has 7 nitrogen and oxygen atoms in total. The number of likely N-dealkylation sites (tertiary alicyclic amines) is 1. The molecule has 0 bridgehead atoms. The van der Waals surface area contributed by atoms with Crippen LogP contribution in [0.3, 0.4) is 0 Å². The quantitative estimate of drug-likeness (QED) is 0.277. The van der Waals surface area contributed by atoms with Gasteiger partial charge in [-0.2, -0.15) is 10.4 Å². The van der Waals surface area contributed by atoms with Gasteiger partial charge in [-0.25, -0.2) is 4.79 Å². The number of carbonyl (C=O) groups excluding carboxylic acids is 1. The van der Waals surface area contributed by atoms with E-state index in [1.54, 1.807) is 0 Å². The van der Waals surface area contributed by atoms with Crippen LogP contribution in [0.5, 0.6) is 0 Å². The molecule has 7 heteroatoms. The SMILES string of the molecule is Cn1ncc2cc(-c3ccc(C#N)cc3)cc(COCC3(c4ccccc4)CCN(C(=O)OC(C)(C)C)CC3)c21. The zero-order valence-corrected chi connectivity index (χ0v) is 23.7. The highest BCUT2D eigenvalue weighted by Gasteiger charge is 2.38. The van der Waals surface area contributed by atoms with Gasteiger partial charge < -0.3 is 14.4 Å². The number of aromatic nitrogens is 2. The fraction of sp³-hybridized carbons (Fsp3) is 0.364. The molecule has 40 heavy (non-hydrogen) atoms. The van der Waals surface area contributed by atoms with E-state index in [-0.39, 0.29) is 11.5 Å². The zero-order valence-electron chi connectivity index (χ0n) is 23.7. The van der Waals surface area contributed by atoms with Crippen LogP contribution in [-0.2, 0) is 28.5 Å². The third-order valence-corrected chi connectivity index (χ3v) is 7.65. The van der Waals surface area contributed by atoms with Crippen molar-refractivity contribution in [3.8, 4) is 17.2 Å². The number of ether oxygens (including phenoxy) is 2. The number of carbonyl (C=O) groups is 1. The summed E-state index contributed by atoms with van der Waals surface area (Å²) >= 11 is 0. The maximum atomic E-state index is 12.7. The van der Waals surface area contributed by atoms with Crippen molar-refractivity contribution in [2.24, 2.45) is 7.05 Å². The van der Waals surface area contributed by atoms with Crippen LogP contribution in [0.4, 0.5) is 4.79 Å². The minimum absolute atomic E-state index is 0.198. The Kier molecular flexibility index (Phi) is 7.64. The van der Waals surface area contributed by atoms with Gasteiger partial charge in [0.1, 0.15) is 5.60 Å². The standard InChI is InChI=1S/C33H36N4O3/c1-32(2,3)40-31(38)37-16-14-33(15-17-37,29-8-6-5-7-9-29)23-39-22-28-19-26(18-27-21-35-36(4)30(27)28)25-12-10-24(20-34)11-13-25/h5-13,18-19,21H,14-17,22-23H2,1-4H3. The number of amides is 1. The summed E-state index contributed by atoms with van der Waals surface area (Å²) < 4.78 is 14.1. The second kappa shape index (κ2) is 11.1. The molecule has 0 atom stereocenters. The molecule has 0 radical (unpaired) electrons. The molecule has 0 spiro atoms. The lowest BCUT2D eigenvalue weighted by Gasteiger charge is -2.42. The molecule has 1 aliphatic heterocycles. The molecule has 1 fully saturated rings. The minimum Gasteiger partial charge on any atom is -0.444 e. The molecule has 4 aromatic rings. The summed E-state index contributed by atoms with van der Waals surface area (Å²) in [6.45, 7) is 7.90. The first-order valence-electron chi connectivity index (χ1n) is 13.7. The number of piperidine rings is 1. The van der Waals surface area contributed by atoms with E-state index in [9.17, 15) is 10.1 Å². The first-order chi connectivity index (χ1) is 19.2. The second-order valence-corrected chi connectivity index (χ2v) is 11.6. The fourth-order valence-corrected chi connectivity index (χ4v) is 5.54. The van der Waals surface area contributed by atoms with Gasteiger partial charge in [0.15, 0.2) is 0 Å². The van der Waals surface area contributed by atoms with Crippen molar-refractivity contribution < 1.29 is 14.3 Å². The number of nitrogens with zero attached hydrogens (tertiary/aromatic N) is 4. The van der Waals surface area contributed by atoms with E-state index in [4.69, 9.17) is 9.47 Å². The number of aryl methyl sites for hydroxylation is 1. The third kappa shape index (κ3) is 5.88. The van der Waals surface area contributed by atoms with Gasteiger partial charge in [0.25, 0.3) is 0 Å². The number of hydrogen-bond acceptors (Lipinski definition) is 5. The van der Waals surface area contributed by atoms with Crippen LogP contribution in [0.15, 0.2) is 72.9 Å². The fourth-order valence-electron chi connectivity index (χ4n) is 5.54. The normalized spacial score (nSPS) is 15.1. The first kappa shape index (κ1) is 27.4. The summed E-state index contributed by atoms with van der Waals surface area (Å²) in [5.74, 6) is 0. The van der Waals surface area contributed by atoms with E-state index in [1.165, 1.54) is 5.56 Å². The predicted molar refractivity (Wildman–Crippen MR) is 156 cm³/mol. The van der Waals surface area contributed by atoms with E-state index < -0.39 is 5.60 Å². The zero-order chi connectivity index (χ0) is 28.3. The van der Waals surface area contributed by atoms with Gasteiger partial charge in [-0.15, -0.1) is 0 Å². The summed E-state index contributed by atoms with van der Waals surface area (Å²) in [7, 11) is 1.95. The van der Waals surface area contributed by atoms with E-state index in [1.807, 2.05) is 73.9 Å². The molecule has 0 N–H and O–H groups in total. The largest absolute Gasteiger partial charge is 0.444 e. The monoisotopic (exact) mass is 536 g/mol. The van der Waals surface area contributed by atoms with Crippen LogP contribution in [0.25, 0.3) is 22.0 Å². The van der Waals surface area contributed by atoms with Gasteiger partial charge in [0.2, 0.25) is 0 Å². The lowest BCUT2D eigenvalue weighted by atomic mass is 9.73. The molecule has 0 saturated carbocycles. The van der Waals surface area contributed by atoms with Crippen LogP contribution in [0.2, 0.25) is 0 Å². The van der Waals surface area contributed by atoms with Crippen molar-refractivity contribution in [2.75, 3.05) is 19.7 Å². The Balaban J connectivity index is 1.37. The summed E-state index contributed by atoms with van der Waals surface area (Å²) in [5.41, 5.74) is 5.37. The molecule has 206 valence electrons. The van der Waals surface area contributed by atoms with Gasteiger partial charge in [-0.3, -0.25) is 4.68 Å². The van der Waals surface area contributed by atoms with E-state index in [0.717, 1.165) is 40.4 Å². The van der Waals surface area contributed by atoms with Gasteiger partial charge in [-0.1, -0.05) is 42.5 Å². The van der Waals surface area contributed by atoms with Gasteiger partial charge >= 0.3 is 6.09 Å². The van der Waals surface area contributed by atoms with E-state index in [0.29, 0.717) is 31.9 Å². The molecular weight excluding hydrogens is 500 g/mol. The average Bonchev–Trinajstić information content (AvgIpc) is 3.33. The lowest BCUT2D eigenvalue weighted by Crippen LogP contribution is -2.48. The Bertz CT molecular complexity index is 1520. The van der Waals surface area contributed by atoms with E-state index >= 15 is 0 Å². The van der Waals surface area contributed by atoms with Gasteiger partial charge in [0, 0.05) is 36.5 Å². The van der Waals surface area contributed by atoms with Crippen molar-refractivity contribution in [3.63, 3.8) is 0 Å². The molecule has 0 aliphatic carbocycles. The van der Waals surface area contributed by atoms with Crippen molar-refractivity contribution in [1.29, 1.82) is 5.26 Å². The highest BCUT2D eigenvalue weighted by Crippen LogP contribution is 2.37. The molecule has 1 amide bonds. The number of hydrogen-bond donors (Lipinski definition) is 0. The first-order valence-corrected chi connectivity index (χ1v) is 13.7. The Hall–Kier alpha value is -4.15. The molecule has 5 rings (SSSR count). The topological polar surface area (TPSA) is 80.4 Å². The molecule has 3 aromatic carbocycles. The second-order valence-electron chi connectivity index (χ2n) is 11.6. The highest BCUT2D eigenvalue weighted by atomic mass is 16.6. The van der Waals surface area contributed by atoms with Crippen molar-refractivity contribution in [2.45, 2.75) is 51.2 Å². The van der Waals surface area contributed by atoms with Crippen molar-refractivity contribution in [1.82, 2.24) is 14.7 Å². The Morgan fingerprint density at radius 2 is 1.73 bits per heavy atom. The maximum absolute atomic E-state index is 12.7. The van der Waals surface area contributed by atoms with E-state index in [2.05, 4.69) is 47.6 Å².